The van der Waals surface area contributed by atoms with Gasteiger partial charge in [0.1, 0.15) is 24.2 Å². The minimum atomic E-state index is -0.145. The average molecular weight is 383 g/mol. The van der Waals surface area contributed by atoms with Crippen LogP contribution in [-0.2, 0) is 0 Å². The van der Waals surface area contributed by atoms with Gasteiger partial charge in [0.15, 0.2) is 11.5 Å². The first kappa shape index (κ1) is 18.0. The Bertz CT molecular complexity index is 945. The number of rotatable bonds is 5. The summed E-state index contributed by atoms with van der Waals surface area (Å²) in [5.74, 6) is 1.59. The van der Waals surface area contributed by atoms with E-state index in [1.807, 2.05) is 4.68 Å². The molecule has 0 atom stereocenters. The minimum Gasteiger partial charge on any atom is -0.497 e. The van der Waals surface area contributed by atoms with Gasteiger partial charge in [-0.3, -0.25) is 4.79 Å². The summed E-state index contributed by atoms with van der Waals surface area (Å²) in [5, 5.41) is 8.17. The SMILES string of the molecule is COc1ccc(OC)c(-c2cc(C(=O)N3CCC(n4cncn4)CC3)no2)c1. The Kier molecular flexibility index (Phi) is 4.96. The van der Waals surface area contributed by atoms with Gasteiger partial charge < -0.3 is 18.9 Å². The van der Waals surface area contributed by atoms with E-state index in [2.05, 4.69) is 15.2 Å². The highest BCUT2D eigenvalue weighted by Gasteiger charge is 2.27. The molecule has 146 valence electrons. The number of hydrogen-bond donors (Lipinski definition) is 0. The first-order chi connectivity index (χ1) is 13.7. The fourth-order valence-corrected chi connectivity index (χ4v) is 3.41. The molecule has 9 nitrogen and oxygen atoms in total. The van der Waals surface area contributed by atoms with Gasteiger partial charge in [-0.1, -0.05) is 5.16 Å². The molecule has 0 saturated carbocycles. The third-order valence-corrected chi connectivity index (χ3v) is 4.96. The number of likely N-dealkylation sites (tertiary alicyclic amines) is 1. The normalized spacial score (nSPS) is 14.9. The van der Waals surface area contributed by atoms with Gasteiger partial charge in [0.05, 0.1) is 25.8 Å². The van der Waals surface area contributed by atoms with Crippen molar-refractivity contribution in [3.8, 4) is 22.8 Å². The summed E-state index contributed by atoms with van der Waals surface area (Å²) >= 11 is 0. The van der Waals surface area contributed by atoms with Crippen LogP contribution in [0.5, 0.6) is 11.5 Å². The fraction of sp³-hybridized carbons (Fsp3) is 0.368. The van der Waals surface area contributed by atoms with Gasteiger partial charge in [-0.25, -0.2) is 9.67 Å². The van der Waals surface area contributed by atoms with Gasteiger partial charge in [0, 0.05) is 19.2 Å². The Labute approximate surface area is 161 Å². The molecule has 4 rings (SSSR count). The van der Waals surface area contributed by atoms with E-state index in [1.54, 1.807) is 49.7 Å². The molecule has 1 saturated heterocycles. The summed E-state index contributed by atoms with van der Waals surface area (Å²) < 4.78 is 17.9. The number of nitrogens with zero attached hydrogens (tertiary/aromatic N) is 5. The quantitative estimate of drug-likeness (QED) is 0.668. The molecule has 0 N–H and O–H groups in total. The predicted molar refractivity (Wildman–Crippen MR) is 99.2 cm³/mol. The average Bonchev–Trinajstić information content (AvgIpc) is 3.45. The molecule has 0 aliphatic carbocycles. The Balaban J connectivity index is 1.48. The minimum absolute atomic E-state index is 0.145. The maximum atomic E-state index is 12.8. The van der Waals surface area contributed by atoms with Gasteiger partial charge in [-0.05, 0) is 31.0 Å². The summed E-state index contributed by atoms with van der Waals surface area (Å²) in [6, 6.07) is 7.28. The van der Waals surface area contributed by atoms with E-state index in [4.69, 9.17) is 14.0 Å². The number of ether oxygens (including phenoxy) is 2. The van der Waals surface area contributed by atoms with Gasteiger partial charge in [0.2, 0.25) is 0 Å². The molecule has 1 amide bonds. The van der Waals surface area contributed by atoms with E-state index in [1.165, 1.54) is 6.33 Å². The van der Waals surface area contributed by atoms with Crippen molar-refractivity contribution in [3.05, 3.63) is 42.6 Å². The second-order valence-corrected chi connectivity index (χ2v) is 6.54. The summed E-state index contributed by atoms with van der Waals surface area (Å²) in [5.41, 5.74) is 0.956. The van der Waals surface area contributed by atoms with Crippen molar-refractivity contribution >= 4 is 5.91 Å². The van der Waals surface area contributed by atoms with Crippen LogP contribution in [0.3, 0.4) is 0 Å². The van der Waals surface area contributed by atoms with E-state index in [-0.39, 0.29) is 17.6 Å². The molecule has 2 aromatic heterocycles. The molecule has 3 aromatic rings. The highest BCUT2D eigenvalue weighted by Crippen LogP contribution is 2.34. The first-order valence-corrected chi connectivity index (χ1v) is 9.02. The maximum Gasteiger partial charge on any atom is 0.276 e. The van der Waals surface area contributed by atoms with Crippen LogP contribution in [0.2, 0.25) is 0 Å². The van der Waals surface area contributed by atoms with Crippen molar-refractivity contribution in [2.24, 2.45) is 0 Å². The molecule has 0 radical (unpaired) electrons. The number of carbonyl (C=O) groups is 1. The number of aromatic nitrogens is 4. The monoisotopic (exact) mass is 383 g/mol. The summed E-state index contributed by atoms with van der Waals surface area (Å²) in [6.07, 6.45) is 4.89. The van der Waals surface area contributed by atoms with Crippen LogP contribution in [0, 0.1) is 0 Å². The Morgan fingerprint density at radius 2 is 2.00 bits per heavy atom. The molecule has 1 aromatic carbocycles. The van der Waals surface area contributed by atoms with Crippen LogP contribution >= 0.6 is 0 Å². The van der Waals surface area contributed by atoms with Crippen molar-refractivity contribution < 1.29 is 18.8 Å². The van der Waals surface area contributed by atoms with Crippen LogP contribution in [0.25, 0.3) is 11.3 Å². The third kappa shape index (κ3) is 3.42. The summed E-state index contributed by atoms with van der Waals surface area (Å²) in [7, 11) is 3.16. The first-order valence-electron chi connectivity index (χ1n) is 9.02. The molecule has 1 aliphatic heterocycles. The zero-order chi connectivity index (χ0) is 19.5. The number of carbonyl (C=O) groups excluding carboxylic acids is 1. The Morgan fingerprint density at radius 3 is 2.68 bits per heavy atom. The molecule has 0 unspecified atom stereocenters. The number of hydrogen-bond acceptors (Lipinski definition) is 7. The van der Waals surface area contributed by atoms with Crippen LogP contribution in [0.4, 0.5) is 0 Å². The van der Waals surface area contributed by atoms with Crippen molar-refractivity contribution in [1.82, 2.24) is 24.8 Å². The molecule has 3 heterocycles. The second kappa shape index (κ2) is 7.71. The lowest BCUT2D eigenvalue weighted by Gasteiger charge is -2.31. The van der Waals surface area contributed by atoms with E-state index >= 15 is 0 Å². The lowest BCUT2D eigenvalue weighted by molar-refractivity contribution is 0.0679. The Morgan fingerprint density at radius 1 is 1.18 bits per heavy atom. The van der Waals surface area contributed by atoms with Crippen LogP contribution in [0.15, 0.2) is 41.4 Å². The van der Waals surface area contributed by atoms with Crippen molar-refractivity contribution in [2.75, 3.05) is 27.3 Å². The molecule has 0 bridgehead atoms. The number of piperidine rings is 1. The number of methoxy groups -OCH3 is 2. The second-order valence-electron chi connectivity index (χ2n) is 6.54. The zero-order valence-electron chi connectivity index (χ0n) is 15.7. The van der Waals surface area contributed by atoms with E-state index < -0.39 is 0 Å². The lowest BCUT2D eigenvalue weighted by Crippen LogP contribution is -2.39. The molecule has 9 heteroatoms. The maximum absolute atomic E-state index is 12.8. The topological polar surface area (TPSA) is 95.5 Å². The lowest BCUT2D eigenvalue weighted by atomic mass is 10.0. The van der Waals surface area contributed by atoms with Crippen molar-refractivity contribution in [1.29, 1.82) is 0 Å². The molecule has 28 heavy (non-hydrogen) atoms. The van der Waals surface area contributed by atoms with Gasteiger partial charge in [-0.15, -0.1) is 0 Å². The van der Waals surface area contributed by atoms with Crippen LogP contribution in [0.1, 0.15) is 29.4 Å². The van der Waals surface area contributed by atoms with E-state index in [9.17, 15) is 4.79 Å². The van der Waals surface area contributed by atoms with Gasteiger partial charge in [-0.2, -0.15) is 5.10 Å². The molecule has 1 fully saturated rings. The predicted octanol–water partition coefficient (Wildman–Crippen LogP) is 2.43. The van der Waals surface area contributed by atoms with Gasteiger partial charge in [0.25, 0.3) is 5.91 Å². The van der Waals surface area contributed by atoms with Crippen LogP contribution < -0.4 is 9.47 Å². The van der Waals surface area contributed by atoms with Crippen LogP contribution in [-0.4, -0.2) is 58.0 Å². The highest BCUT2D eigenvalue weighted by molar-refractivity contribution is 5.93. The van der Waals surface area contributed by atoms with Crippen molar-refractivity contribution in [3.63, 3.8) is 0 Å². The molecule has 0 spiro atoms. The summed E-state index contributed by atoms with van der Waals surface area (Å²) in [4.78, 5) is 18.6. The number of benzene rings is 1. The smallest absolute Gasteiger partial charge is 0.276 e. The highest BCUT2D eigenvalue weighted by atomic mass is 16.5. The number of amides is 1. The van der Waals surface area contributed by atoms with Gasteiger partial charge >= 0.3 is 0 Å². The summed E-state index contributed by atoms with van der Waals surface area (Å²) in [6.45, 7) is 1.27. The van der Waals surface area contributed by atoms with Crippen molar-refractivity contribution in [2.45, 2.75) is 18.9 Å². The molecule has 1 aliphatic rings. The molecular formula is C19H21N5O4. The fourth-order valence-electron chi connectivity index (χ4n) is 3.41. The third-order valence-electron chi connectivity index (χ3n) is 4.96. The van der Waals surface area contributed by atoms with E-state index in [0.717, 1.165) is 12.8 Å². The largest absolute Gasteiger partial charge is 0.497 e. The Hall–Kier alpha value is -3.36. The van der Waals surface area contributed by atoms with E-state index in [0.29, 0.717) is 35.9 Å². The molecular weight excluding hydrogens is 362 g/mol. The standard InChI is InChI=1S/C19H21N5O4/c1-26-14-3-4-17(27-2)15(9-14)18-10-16(22-28-18)19(25)23-7-5-13(6-8-23)24-12-20-11-21-24/h3-4,9-13H,5-8H2,1-2H3. The zero-order valence-corrected chi connectivity index (χ0v) is 15.7.